The Bertz CT molecular complexity index is 659. The van der Waals surface area contributed by atoms with Crippen molar-refractivity contribution in [2.24, 2.45) is 5.92 Å². The number of aliphatic hydroxyl groups excluding tert-OH is 1. The third-order valence-electron chi connectivity index (χ3n) is 4.84. The molecule has 0 amide bonds. The highest BCUT2D eigenvalue weighted by Gasteiger charge is 2.35. The van der Waals surface area contributed by atoms with Crippen molar-refractivity contribution in [1.29, 1.82) is 0 Å². The SMILES string of the molecule is COc1ccc(OC)c(C2CN(Cc3ccccc3)CC2CO)c1. The Kier molecular flexibility index (Phi) is 5.38. The van der Waals surface area contributed by atoms with Crippen LogP contribution in [0.1, 0.15) is 17.0 Å². The summed E-state index contributed by atoms with van der Waals surface area (Å²) in [5.74, 6) is 2.13. The summed E-state index contributed by atoms with van der Waals surface area (Å²) in [7, 11) is 3.36. The van der Waals surface area contributed by atoms with Gasteiger partial charge in [0.25, 0.3) is 0 Å². The van der Waals surface area contributed by atoms with Gasteiger partial charge in [-0.25, -0.2) is 0 Å². The van der Waals surface area contributed by atoms with Crippen LogP contribution < -0.4 is 9.47 Å². The van der Waals surface area contributed by atoms with E-state index in [1.54, 1.807) is 14.2 Å². The van der Waals surface area contributed by atoms with Crippen molar-refractivity contribution in [3.63, 3.8) is 0 Å². The molecular formula is C20H25NO3. The smallest absolute Gasteiger partial charge is 0.122 e. The van der Waals surface area contributed by atoms with Gasteiger partial charge in [0.2, 0.25) is 0 Å². The van der Waals surface area contributed by atoms with Gasteiger partial charge in [-0.1, -0.05) is 30.3 Å². The maximum absolute atomic E-state index is 9.87. The third kappa shape index (κ3) is 3.55. The van der Waals surface area contributed by atoms with Crippen LogP contribution in [0, 0.1) is 5.92 Å². The monoisotopic (exact) mass is 327 g/mol. The van der Waals surface area contributed by atoms with Crippen molar-refractivity contribution in [1.82, 2.24) is 4.90 Å². The Labute approximate surface area is 143 Å². The molecule has 2 unspecified atom stereocenters. The number of hydrogen-bond donors (Lipinski definition) is 1. The average molecular weight is 327 g/mol. The van der Waals surface area contributed by atoms with Crippen LogP contribution in [0.4, 0.5) is 0 Å². The average Bonchev–Trinajstić information content (AvgIpc) is 3.04. The topological polar surface area (TPSA) is 41.9 Å². The molecule has 1 aliphatic heterocycles. The van der Waals surface area contributed by atoms with Crippen molar-refractivity contribution in [3.05, 3.63) is 59.7 Å². The minimum absolute atomic E-state index is 0.177. The van der Waals surface area contributed by atoms with Crippen LogP contribution in [0.25, 0.3) is 0 Å². The second-order valence-electron chi connectivity index (χ2n) is 6.34. The molecule has 3 rings (SSSR count). The van der Waals surface area contributed by atoms with Crippen LogP contribution in [-0.2, 0) is 6.54 Å². The molecule has 2 aromatic rings. The van der Waals surface area contributed by atoms with Gasteiger partial charge in [0, 0.05) is 43.6 Å². The van der Waals surface area contributed by atoms with Gasteiger partial charge in [-0.05, 0) is 23.8 Å². The highest BCUT2D eigenvalue weighted by atomic mass is 16.5. The van der Waals surface area contributed by atoms with E-state index in [0.29, 0.717) is 0 Å². The number of methoxy groups -OCH3 is 2. The van der Waals surface area contributed by atoms with Crippen LogP contribution in [0.5, 0.6) is 11.5 Å². The minimum Gasteiger partial charge on any atom is -0.497 e. The lowest BCUT2D eigenvalue weighted by Gasteiger charge is -2.20. The summed E-state index contributed by atoms with van der Waals surface area (Å²) >= 11 is 0. The Hall–Kier alpha value is -2.04. The van der Waals surface area contributed by atoms with Gasteiger partial charge in [-0.15, -0.1) is 0 Å². The number of likely N-dealkylation sites (tertiary alicyclic amines) is 1. The number of nitrogens with zero attached hydrogens (tertiary/aromatic N) is 1. The van der Waals surface area contributed by atoms with Gasteiger partial charge >= 0.3 is 0 Å². The summed E-state index contributed by atoms with van der Waals surface area (Å²) in [6, 6.07) is 16.4. The molecule has 1 fully saturated rings. The van der Waals surface area contributed by atoms with E-state index in [1.807, 2.05) is 24.3 Å². The van der Waals surface area contributed by atoms with Crippen molar-refractivity contribution >= 4 is 0 Å². The summed E-state index contributed by atoms with van der Waals surface area (Å²) in [6.45, 7) is 2.87. The first-order chi connectivity index (χ1) is 11.7. The Morgan fingerprint density at radius 1 is 1.04 bits per heavy atom. The van der Waals surface area contributed by atoms with Crippen molar-refractivity contribution in [2.75, 3.05) is 33.9 Å². The molecule has 128 valence electrons. The summed E-state index contributed by atoms with van der Waals surface area (Å²) in [5, 5.41) is 9.87. The van der Waals surface area contributed by atoms with E-state index < -0.39 is 0 Å². The van der Waals surface area contributed by atoms with Gasteiger partial charge in [0.1, 0.15) is 11.5 Å². The quantitative estimate of drug-likeness (QED) is 0.886. The summed E-state index contributed by atoms with van der Waals surface area (Å²) in [4.78, 5) is 2.40. The number of benzene rings is 2. The van der Waals surface area contributed by atoms with Crippen LogP contribution in [0.15, 0.2) is 48.5 Å². The molecule has 4 nitrogen and oxygen atoms in total. The van der Waals surface area contributed by atoms with E-state index in [-0.39, 0.29) is 18.4 Å². The Morgan fingerprint density at radius 2 is 1.83 bits per heavy atom. The van der Waals surface area contributed by atoms with E-state index in [9.17, 15) is 5.11 Å². The van der Waals surface area contributed by atoms with Crippen LogP contribution in [-0.4, -0.2) is 43.9 Å². The Morgan fingerprint density at radius 3 is 2.50 bits per heavy atom. The maximum atomic E-state index is 9.87. The fourth-order valence-electron chi connectivity index (χ4n) is 3.60. The standard InChI is InChI=1S/C20H25NO3/c1-23-17-8-9-20(24-2)18(10-17)19-13-21(12-16(19)14-22)11-15-6-4-3-5-7-15/h3-10,16,19,22H,11-14H2,1-2H3. The van der Waals surface area contributed by atoms with Crippen molar-refractivity contribution in [3.8, 4) is 11.5 Å². The lowest BCUT2D eigenvalue weighted by molar-refractivity contribution is 0.213. The first kappa shape index (κ1) is 16.8. The van der Waals surface area contributed by atoms with Gasteiger partial charge in [-0.3, -0.25) is 4.90 Å². The molecule has 0 saturated carbocycles. The largest absolute Gasteiger partial charge is 0.497 e. The summed E-state index contributed by atoms with van der Waals surface area (Å²) in [5.41, 5.74) is 2.42. The predicted molar refractivity (Wildman–Crippen MR) is 94.6 cm³/mol. The minimum atomic E-state index is 0.177. The normalized spacial score (nSPS) is 21.0. The Balaban J connectivity index is 1.82. The van der Waals surface area contributed by atoms with Gasteiger partial charge < -0.3 is 14.6 Å². The van der Waals surface area contributed by atoms with E-state index in [1.165, 1.54) is 5.56 Å². The molecular weight excluding hydrogens is 302 g/mol. The lowest BCUT2D eigenvalue weighted by atomic mass is 9.88. The van der Waals surface area contributed by atoms with Gasteiger partial charge in [0.05, 0.1) is 14.2 Å². The predicted octanol–water partition coefficient (Wildman–Crippen LogP) is 2.91. The highest BCUT2D eigenvalue weighted by Crippen LogP contribution is 2.39. The number of rotatable bonds is 6. The lowest BCUT2D eigenvalue weighted by Crippen LogP contribution is -2.20. The van der Waals surface area contributed by atoms with Crippen LogP contribution in [0.2, 0.25) is 0 Å². The maximum Gasteiger partial charge on any atom is 0.122 e. The highest BCUT2D eigenvalue weighted by molar-refractivity contribution is 5.43. The molecule has 24 heavy (non-hydrogen) atoms. The zero-order chi connectivity index (χ0) is 16.9. The van der Waals surface area contributed by atoms with E-state index in [2.05, 4.69) is 29.2 Å². The molecule has 0 radical (unpaired) electrons. The van der Waals surface area contributed by atoms with Crippen molar-refractivity contribution in [2.45, 2.75) is 12.5 Å². The molecule has 2 aromatic carbocycles. The van der Waals surface area contributed by atoms with Crippen molar-refractivity contribution < 1.29 is 14.6 Å². The third-order valence-corrected chi connectivity index (χ3v) is 4.84. The van der Waals surface area contributed by atoms with Crippen LogP contribution >= 0.6 is 0 Å². The zero-order valence-corrected chi connectivity index (χ0v) is 14.3. The number of ether oxygens (including phenoxy) is 2. The number of aliphatic hydroxyl groups is 1. The second-order valence-corrected chi connectivity index (χ2v) is 6.34. The van der Waals surface area contributed by atoms with E-state index in [4.69, 9.17) is 9.47 Å². The first-order valence-corrected chi connectivity index (χ1v) is 8.34. The fraction of sp³-hybridized carbons (Fsp3) is 0.400. The molecule has 0 bridgehead atoms. The first-order valence-electron chi connectivity index (χ1n) is 8.34. The molecule has 4 heteroatoms. The molecule has 1 heterocycles. The van der Waals surface area contributed by atoms with Gasteiger partial charge in [-0.2, -0.15) is 0 Å². The van der Waals surface area contributed by atoms with E-state index in [0.717, 1.165) is 36.7 Å². The van der Waals surface area contributed by atoms with E-state index >= 15 is 0 Å². The fourth-order valence-corrected chi connectivity index (χ4v) is 3.60. The summed E-state index contributed by atoms with van der Waals surface area (Å²) in [6.07, 6.45) is 0. The summed E-state index contributed by atoms with van der Waals surface area (Å²) < 4.78 is 10.9. The molecule has 0 spiro atoms. The van der Waals surface area contributed by atoms with Gasteiger partial charge in [0.15, 0.2) is 0 Å². The molecule has 0 aliphatic carbocycles. The second kappa shape index (κ2) is 7.69. The molecule has 1 saturated heterocycles. The molecule has 1 aliphatic rings. The zero-order valence-electron chi connectivity index (χ0n) is 14.3. The molecule has 2 atom stereocenters. The van der Waals surface area contributed by atoms with Crippen LogP contribution in [0.3, 0.4) is 0 Å². The molecule has 0 aromatic heterocycles. The number of hydrogen-bond acceptors (Lipinski definition) is 4. The molecule has 1 N–H and O–H groups in total.